The number of hydrogen-bond acceptors (Lipinski definition) is 4. The van der Waals surface area contributed by atoms with Gasteiger partial charge in [-0.3, -0.25) is 9.78 Å². The minimum absolute atomic E-state index is 0.268. The average molecular weight is 249 g/mol. The second-order valence-corrected chi connectivity index (χ2v) is 4.45. The SMILES string of the molecule is CCC(C)(N)C(=O)Nc1ccc2oc(=O)[nH]c2c1. The largest absolute Gasteiger partial charge is 0.417 e. The minimum atomic E-state index is -0.918. The van der Waals surface area contributed by atoms with Crippen LogP contribution >= 0.6 is 0 Å². The number of aromatic amines is 1. The van der Waals surface area contributed by atoms with Gasteiger partial charge in [0.05, 0.1) is 11.1 Å². The van der Waals surface area contributed by atoms with E-state index in [9.17, 15) is 9.59 Å². The second-order valence-electron chi connectivity index (χ2n) is 4.45. The molecule has 1 atom stereocenters. The molecule has 0 aliphatic rings. The molecule has 18 heavy (non-hydrogen) atoms. The van der Waals surface area contributed by atoms with Crippen molar-refractivity contribution in [3.8, 4) is 0 Å². The molecular formula is C12H15N3O3. The smallest absolute Gasteiger partial charge is 0.408 e. The predicted molar refractivity (Wildman–Crippen MR) is 68.3 cm³/mol. The van der Waals surface area contributed by atoms with Gasteiger partial charge in [0.2, 0.25) is 5.91 Å². The first-order valence-electron chi connectivity index (χ1n) is 5.65. The summed E-state index contributed by atoms with van der Waals surface area (Å²) in [5.41, 5.74) is 6.47. The van der Waals surface area contributed by atoms with E-state index < -0.39 is 11.3 Å². The fourth-order valence-electron chi connectivity index (χ4n) is 1.46. The summed E-state index contributed by atoms with van der Waals surface area (Å²) in [6.45, 7) is 3.51. The maximum Gasteiger partial charge on any atom is 0.417 e. The highest BCUT2D eigenvalue weighted by Crippen LogP contribution is 2.17. The van der Waals surface area contributed by atoms with Crippen LogP contribution in [0.5, 0.6) is 0 Å². The number of hydrogen-bond donors (Lipinski definition) is 3. The number of fused-ring (bicyclic) bond motifs is 1. The summed E-state index contributed by atoms with van der Waals surface area (Å²) < 4.78 is 4.87. The summed E-state index contributed by atoms with van der Waals surface area (Å²) in [6.07, 6.45) is 0.531. The lowest BCUT2D eigenvalue weighted by Crippen LogP contribution is -2.47. The number of H-pyrrole nitrogens is 1. The molecule has 6 heteroatoms. The third-order valence-electron chi connectivity index (χ3n) is 2.93. The van der Waals surface area contributed by atoms with E-state index in [0.717, 1.165) is 0 Å². The van der Waals surface area contributed by atoms with Crippen LogP contribution in [0.25, 0.3) is 11.1 Å². The first kappa shape index (κ1) is 12.4. The van der Waals surface area contributed by atoms with Crippen molar-refractivity contribution in [2.45, 2.75) is 25.8 Å². The van der Waals surface area contributed by atoms with E-state index >= 15 is 0 Å². The number of anilines is 1. The number of amides is 1. The van der Waals surface area contributed by atoms with Crippen LogP contribution in [0.3, 0.4) is 0 Å². The van der Waals surface area contributed by atoms with Crippen LogP contribution in [0.4, 0.5) is 5.69 Å². The Morgan fingerprint density at radius 1 is 1.56 bits per heavy atom. The topological polar surface area (TPSA) is 101 Å². The van der Waals surface area contributed by atoms with Crippen molar-refractivity contribution in [3.05, 3.63) is 28.7 Å². The highest BCUT2D eigenvalue weighted by atomic mass is 16.4. The van der Waals surface area contributed by atoms with E-state index in [4.69, 9.17) is 10.2 Å². The van der Waals surface area contributed by atoms with E-state index in [2.05, 4.69) is 10.3 Å². The molecular weight excluding hydrogens is 234 g/mol. The molecule has 96 valence electrons. The maximum atomic E-state index is 11.9. The maximum absolute atomic E-state index is 11.9. The number of rotatable bonds is 3. The zero-order chi connectivity index (χ0) is 13.3. The van der Waals surface area contributed by atoms with E-state index in [1.165, 1.54) is 0 Å². The molecule has 0 spiro atoms. The molecule has 2 aromatic rings. The molecule has 0 aliphatic heterocycles. The number of aromatic nitrogens is 1. The monoisotopic (exact) mass is 249 g/mol. The van der Waals surface area contributed by atoms with E-state index in [-0.39, 0.29) is 5.91 Å². The van der Waals surface area contributed by atoms with Crippen LogP contribution in [0.15, 0.2) is 27.4 Å². The Hall–Kier alpha value is -2.08. The van der Waals surface area contributed by atoms with Gasteiger partial charge in [0.25, 0.3) is 0 Å². The van der Waals surface area contributed by atoms with Gasteiger partial charge in [0.1, 0.15) is 0 Å². The number of nitrogens with two attached hydrogens (primary N) is 1. The second kappa shape index (κ2) is 4.30. The predicted octanol–water partition coefficient (Wildman–Crippen LogP) is 1.19. The van der Waals surface area contributed by atoms with Crippen LogP contribution in [-0.4, -0.2) is 16.4 Å². The first-order valence-corrected chi connectivity index (χ1v) is 5.65. The van der Waals surface area contributed by atoms with E-state index in [1.807, 2.05) is 6.92 Å². The summed E-state index contributed by atoms with van der Waals surface area (Å²) >= 11 is 0. The third-order valence-corrected chi connectivity index (χ3v) is 2.93. The molecule has 0 saturated carbocycles. The van der Waals surface area contributed by atoms with Gasteiger partial charge in [-0.1, -0.05) is 6.92 Å². The fourth-order valence-corrected chi connectivity index (χ4v) is 1.46. The lowest BCUT2D eigenvalue weighted by molar-refractivity contribution is -0.120. The molecule has 0 aliphatic carbocycles. The summed E-state index contributed by atoms with van der Waals surface area (Å²) in [5.74, 6) is -0.791. The van der Waals surface area contributed by atoms with Crippen LogP contribution in [-0.2, 0) is 4.79 Å². The highest BCUT2D eigenvalue weighted by Gasteiger charge is 2.25. The summed E-state index contributed by atoms with van der Waals surface area (Å²) in [5, 5.41) is 2.71. The number of oxazole rings is 1. The molecule has 6 nitrogen and oxygen atoms in total. The van der Waals surface area contributed by atoms with Crippen molar-refractivity contribution in [1.29, 1.82) is 0 Å². The van der Waals surface area contributed by atoms with Crippen LogP contribution in [0, 0.1) is 0 Å². The first-order chi connectivity index (χ1) is 8.42. The summed E-state index contributed by atoms with van der Waals surface area (Å²) in [7, 11) is 0. The molecule has 0 bridgehead atoms. The number of nitrogens with one attached hydrogen (secondary N) is 2. The van der Waals surface area contributed by atoms with E-state index in [1.54, 1.807) is 25.1 Å². The number of carbonyl (C=O) groups is 1. The lowest BCUT2D eigenvalue weighted by atomic mass is 9.99. The van der Waals surface area contributed by atoms with Gasteiger partial charge in [-0.15, -0.1) is 0 Å². The van der Waals surface area contributed by atoms with Gasteiger partial charge in [0, 0.05) is 5.69 Å². The third kappa shape index (κ3) is 2.28. The average Bonchev–Trinajstić information content (AvgIpc) is 2.68. The zero-order valence-electron chi connectivity index (χ0n) is 10.2. The van der Waals surface area contributed by atoms with Gasteiger partial charge in [-0.05, 0) is 31.5 Å². The van der Waals surface area contributed by atoms with Crippen LogP contribution < -0.4 is 16.8 Å². The number of benzene rings is 1. The summed E-state index contributed by atoms with van der Waals surface area (Å²) in [4.78, 5) is 25.4. The van der Waals surface area contributed by atoms with Crippen LogP contribution in [0.1, 0.15) is 20.3 Å². The van der Waals surface area contributed by atoms with Gasteiger partial charge < -0.3 is 15.5 Å². The van der Waals surface area contributed by atoms with E-state index in [0.29, 0.717) is 23.2 Å². The minimum Gasteiger partial charge on any atom is -0.408 e. The molecule has 0 saturated heterocycles. The van der Waals surface area contributed by atoms with Gasteiger partial charge in [-0.25, -0.2) is 4.79 Å². The fraction of sp³-hybridized carbons (Fsp3) is 0.333. The highest BCUT2D eigenvalue weighted by molar-refractivity contribution is 5.98. The van der Waals surface area contributed by atoms with Crippen molar-refractivity contribution in [1.82, 2.24) is 4.98 Å². The Balaban J connectivity index is 2.27. The van der Waals surface area contributed by atoms with Crippen molar-refractivity contribution >= 4 is 22.7 Å². The molecule has 1 aromatic carbocycles. The van der Waals surface area contributed by atoms with Gasteiger partial charge >= 0.3 is 5.76 Å². The van der Waals surface area contributed by atoms with Crippen molar-refractivity contribution in [2.75, 3.05) is 5.32 Å². The van der Waals surface area contributed by atoms with Crippen molar-refractivity contribution in [3.63, 3.8) is 0 Å². The van der Waals surface area contributed by atoms with Crippen molar-refractivity contribution < 1.29 is 9.21 Å². The van der Waals surface area contributed by atoms with Gasteiger partial charge in [-0.2, -0.15) is 0 Å². The van der Waals surface area contributed by atoms with Crippen molar-refractivity contribution in [2.24, 2.45) is 5.73 Å². The molecule has 0 radical (unpaired) electrons. The molecule has 1 heterocycles. The lowest BCUT2D eigenvalue weighted by Gasteiger charge is -2.21. The van der Waals surface area contributed by atoms with Crippen LogP contribution in [0.2, 0.25) is 0 Å². The number of carbonyl (C=O) groups excluding carboxylic acids is 1. The Morgan fingerprint density at radius 3 is 2.94 bits per heavy atom. The standard InChI is InChI=1S/C12H15N3O3/c1-3-12(2,13)10(16)14-7-4-5-9-8(6-7)15-11(17)18-9/h4-6H,3,13H2,1-2H3,(H,14,16)(H,15,17). The molecule has 1 unspecified atom stereocenters. The zero-order valence-corrected chi connectivity index (χ0v) is 10.2. The Labute approximate surface area is 103 Å². The molecule has 2 rings (SSSR count). The molecule has 0 fully saturated rings. The Kier molecular flexibility index (Phi) is 2.96. The Morgan fingerprint density at radius 2 is 2.28 bits per heavy atom. The molecule has 1 aromatic heterocycles. The van der Waals surface area contributed by atoms with Gasteiger partial charge in [0.15, 0.2) is 5.58 Å². The molecule has 4 N–H and O–H groups in total. The summed E-state index contributed by atoms with van der Waals surface area (Å²) in [6, 6.07) is 4.90. The normalized spacial score (nSPS) is 14.4. The quantitative estimate of drug-likeness (QED) is 0.760. The molecule has 1 amide bonds. The Bertz CT molecular complexity index is 639.